The van der Waals surface area contributed by atoms with Gasteiger partial charge in [-0.3, -0.25) is 9.35 Å². The number of aryl methyl sites for hydroxylation is 1. The number of anilines is 1. The quantitative estimate of drug-likeness (QED) is 0.142. The highest BCUT2D eigenvalue weighted by atomic mass is 35.5. The molecule has 0 aliphatic heterocycles. The first-order valence-corrected chi connectivity index (χ1v) is 13.9. The molecule has 0 atom stereocenters. The Hall–Kier alpha value is -3.70. The van der Waals surface area contributed by atoms with Gasteiger partial charge in [0.2, 0.25) is 0 Å². The van der Waals surface area contributed by atoms with Crippen LogP contribution in [0.5, 0.6) is 11.5 Å². The maximum absolute atomic E-state index is 13.3. The molecule has 3 N–H and O–H groups in total. The van der Waals surface area contributed by atoms with E-state index in [9.17, 15) is 22.9 Å². The van der Waals surface area contributed by atoms with Gasteiger partial charge in [0, 0.05) is 16.5 Å². The number of azo groups is 1. The van der Waals surface area contributed by atoms with Crippen LogP contribution in [0.2, 0.25) is 10.0 Å². The number of carbonyl (C=O) groups is 1. The molecule has 0 heterocycles. The fourth-order valence-electron chi connectivity index (χ4n) is 3.88. The molecular formula is C27H23Cl2N3O6S. The van der Waals surface area contributed by atoms with Crippen molar-refractivity contribution in [2.24, 2.45) is 10.2 Å². The van der Waals surface area contributed by atoms with E-state index >= 15 is 0 Å². The summed E-state index contributed by atoms with van der Waals surface area (Å²) in [6.07, 6.45) is 0.462. The third kappa shape index (κ3) is 6.15. The smallest absolute Gasteiger partial charge is 0.296 e. The number of aromatic hydroxyl groups is 1. The lowest BCUT2D eigenvalue weighted by atomic mass is 10.0. The van der Waals surface area contributed by atoms with Crippen LogP contribution in [0, 0.1) is 0 Å². The van der Waals surface area contributed by atoms with Gasteiger partial charge in [-0.15, -0.1) is 10.2 Å². The highest BCUT2D eigenvalue weighted by molar-refractivity contribution is 7.86. The summed E-state index contributed by atoms with van der Waals surface area (Å²) in [4.78, 5) is 12.7. The van der Waals surface area contributed by atoms with Crippen LogP contribution in [0.1, 0.15) is 29.8 Å². The van der Waals surface area contributed by atoms with Gasteiger partial charge in [-0.25, -0.2) is 0 Å². The molecule has 4 aromatic carbocycles. The minimum Gasteiger partial charge on any atom is -0.505 e. The number of nitrogens with one attached hydrogen (secondary N) is 1. The van der Waals surface area contributed by atoms with Crippen molar-refractivity contribution in [1.82, 2.24) is 0 Å². The van der Waals surface area contributed by atoms with Gasteiger partial charge in [-0.05, 0) is 54.6 Å². The maximum Gasteiger partial charge on any atom is 0.296 e. The van der Waals surface area contributed by atoms with Crippen LogP contribution in [0.25, 0.3) is 10.8 Å². The number of amides is 1. The second-order valence-corrected chi connectivity index (χ2v) is 10.5. The van der Waals surface area contributed by atoms with Crippen LogP contribution in [0.4, 0.5) is 17.1 Å². The van der Waals surface area contributed by atoms with E-state index in [-0.39, 0.29) is 32.7 Å². The number of halogens is 2. The number of carbonyl (C=O) groups excluding carboxylic acids is 1. The molecular weight excluding hydrogens is 565 g/mol. The summed E-state index contributed by atoms with van der Waals surface area (Å²) in [6.45, 7) is 4.05. The van der Waals surface area contributed by atoms with Crippen molar-refractivity contribution >= 4 is 67.1 Å². The second-order valence-electron chi connectivity index (χ2n) is 8.31. The van der Waals surface area contributed by atoms with E-state index < -0.39 is 26.7 Å². The number of phenols is 1. The molecule has 0 aliphatic rings. The van der Waals surface area contributed by atoms with Crippen molar-refractivity contribution in [1.29, 1.82) is 0 Å². The minimum atomic E-state index is -4.69. The first kappa shape index (κ1) is 28.3. The number of hydrogen-bond acceptors (Lipinski definition) is 7. The average Bonchev–Trinajstić information content (AvgIpc) is 2.89. The van der Waals surface area contributed by atoms with Crippen LogP contribution in [-0.4, -0.2) is 30.6 Å². The predicted octanol–water partition coefficient (Wildman–Crippen LogP) is 7.73. The number of benzene rings is 4. The van der Waals surface area contributed by atoms with Gasteiger partial charge >= 0.3 is 0 Å². The van der Waals surface area contributed by atoms with Crippen LogP contribution in [0.3, 0.4) is 0 Å². The lowest BCUT2D eigenvalue weighted by Gasteiger charge is -2.13. The number of fused-ring (bicyclic) bond motifs is 1. The molecule has 0 aromatic heterocycles. The van der Waals surface area contributed by atoms with Crippen molar-refractivity contribution in [2.75, 3.05) is 11.9 Å². The summed E-state index contributed by atoms with van der Waals surface area (Å²) >= 11 is 12.4. The number of nitrogens with zero attached hydrogens (tertiary/aromatic N) is 2. The van der Waals surface area contributed by atoms with Crippen molar-refractivity contribution < 1.29 is 27.6 Å². The fraction of sp³-hybridized carbons (Fsp3) is 0.148. The van der Waals surface area contributed by atoms with E-state index in [1.54, 1.807) is 42.5 Å². The first-order valence-electron chi connectivity index (χ1n) is 11.7. The predicted molar refractivity (Wildman–Crippen MR) is 151 cm³/mol. The first-order chi connectivity index (χ1) is 18.5. The van der Waals surface area contributed by atoms with Gasteiger partial charge in [-0.2, -0.15) is 8.42 Å². The molecule has 4 rings (SSSR count). The molecule has 0 bridgehead atoms. The van der Waals surface area contributed by atoms with Crippen molar-refractivity contribution in [3.8, 4) is 11.5 Å². The summed E-state index contributed by atoms with van der Waals surface area (Å²) in [5.74, 6) is -0.674. The zero-order valence-corrected chi connectivity index (χ0v) is 23.1. The highest BCUT2D eigenvalue weighted by Gasteiger charge is 2.21. The molecule has 0 saturated heterocycles. The Morgan fingerprint density at radius 2 is 1.74 bits per heavy atom. The van der Waals surface area contributed by atoms with E-state index in [1.165, 1.54) is 12.1 Å². The van der Waals surface area contributed by atoms with Gasteiger partial charge in [0.15, 0.2) is 5.75 Å². The zero-order valence-electron chi connectivity index (χ0n) is 20.8. The molecule has 12 heteroatoms. The lowest BCUT2D eigenvalue weighted by Crippen LogP contribution is -2.12. The average molecular weight is 588 g/mol. The van der Waals surface area contributed by atoms with E-state index in [4.69, 9.17) is 27.9 Å². The second kappa shape index (κ2) is 11.6. The maximum atomic E-state index is 13.3. The normalized spacial score (nSPS) is 11.7. The van der Waals surface area contributed by atoms with Crippen LogP contribution in [-0.2, 0) is 16.5 Å². The van der Waals surface area contributed by atoms with Crippen molar-refractivity contribution in [2.45, 2.75) is 25.2 Å². The number of phenolic OH excluding ortho intramolecular Hbond substituents is 1. The van der Waals surface area contributed by atoms with Gasteiger partial charge in [0.25, 0.3) is 16.0 Å². The zero-order chi connectivity index (χ0) is 28.3. The van der Waals surface area contributed by atoms with Gasteiger partial charge < -0.3 is 15.2 Å². The molecule has 9 nitrogen and oxygen atoms in total. The topological polar surface area (TPSA) is 138 Å². The Labute approximate surface area is 234 Å². The third-order valence-electron chi connectivity index (χ3n) is 5.78. The molecule has 0 fully saturated rings. The molecule has 39 heavy (non-hydrogen) atoms. The van der Waals surface area contributed by atoms with Crippen molar-refractivity contribution in [3.63, 3.8) is 0 Å². The Morgan fingerprint density at radius 1 is 1.00 bits per heavy atom. The summed E-state index contributed by atoms with van der Waals surface area (Å²) in [7, 11) is -4.69. The molecule has 202 valence electrons. The Balaban J connectivity index is 1.83. The SMILES string of the molecule is CCOc1ccc(Cl)c(NC(=O)c2cc3ccccc3c(N=Nc3cc(CC)c(Cl)cc3S(=O)(=O)O)c2O)c1. The van der Waals surface area contributed by atoms with Gasteiger partial charge in [0.05, 0.1) is 22.9 Å². The summed E-state index contributed by atoms with van der Waals surface area (Å²) < 4.78 is 39.1. The van der Waals surface area contributed by atoms with E-state index in [1.807, 2.05) is 13.8 Å². The molecule has 4 aromatic rings. The summed E-state index contributed by atoms with van der Waals surface area (Å²) in [5.41, 5.74) is 0.458. The fourth-order valence-corrected chi connectivity index (χ4v) is 5.04. The van der Waals surface area contributed by atoms with Crippen molar-refractivity contribution in [3.05, 3.63) is 81.8 Å². The molecule has 1 amide bonds. The third-order valence-corrected chi connectivity index (χ3v) is 7.35. The lowest BCUT2D eigenvalue weighted by molar-refractivity contribution is 0.102. The highest BCUT2D eigenvalue weighted by Crippen LogP contribution is 2.41. The Bertz CT molecular complexity index is 1720. The number of ether oxygens (including phenoxy) is 1. The molecule has 0 unspecified atom stereocenters. The molecule has 0 radical (unpaired) electrons. The largest absolute Gasteiger partial charge is 0.505 e. The molecule has 0 aliphatic carbocycles. The Morgan fingerprint density at radius 3 is 2.44 bits per heavy atom. The number of hydrogen-bond donors (Lipinski definition) is 3. The van der Waals surface area contributed by atoms with E-state index in [0.717, 1.165) is 6.07 Å². The Kier molecular flexibility index (Phi) is 8.41. The van der Waals surface area contributed by atoms with E-state index in [0.29, 0.717) is 35.1 Å². The standard InChI is InChI=1S/C27H23Cl2N3O6S/c1-3-15-12-23(24(14-21(15)29)39(35,36)37)31-32-25-18-8-6-5-7-16(18)11-19(26(25)33)27(34)30-22-13-17(38-4-2)9-10-20(22)28/h5-14,33H,3-4H2,1-2H3,(H,30,34)(H,35,36,37). The van der Waals surface area contributed by atoms with Crippen LogP contribution >= 0.6 is 23.2 Å². The molecule has 0 spiro atoms. The van der Waals surface area contributed by atoms with Crippen LogP contribution < -0.4 is 10.1 Å². The van der Waals surface area contributed by atoms with Gasteiger partial charge in [0.1, 0.15) is 22.0 Å². The summed E-state index contributed by atoms with van der Waals surface area (Å²) in [6, 6.07) is 15.6. The molecule has 0 saturated carbocycles. The van der Waals surface area contributed by atoms with Gasteiger partial charge in [-0.1, -0.05) is 54.4 Å². The monoisotopic (exact) mass is 587 g/mol. The summed E-state index contributed by atoms with van der Waals surface area (Å²) in [5, 5.41) is 23.4. The number of rotatable bonds is 8. The minimum absolute atomic E-state index is 0.0818. The van der Waals surface area contributed by atoms with E-state index in [2.05, 4.69) is 15.5 Å². The van der Waals surface area contributed by atoms with Crippen LogP contribution in [0.15, 0.2) is 75.8 Å².